The normalized spacial score (nSPS) is 11.7. The van der Waals surface area contributed by atoms with Crippen molar-refractivity contribution in [1.29, 1.82) is 0 Å². The summed E-state index contributed by atoms with van der Waals surface area (Å²) in [4.78, 5) is 22.8. The van der Waals surface area contributed by atoms with E-state index >= 15 is 0 Å². The molecule has 0 aliphatic carbocycles. The summed E-state index contributed by atoms with van der Waals surface area (Å²) < 4.78 is 5.81. The number of halogens is 1. The highest BCUT2D eigenvalue weighted by Gasteiger charge is 2.21. The van der Waals surface area contributed by atoms with E-state index in [1.807, 2.05) is 39.0 Å². The summed E-state index contributed by atoms with van der Waals surface area (Å²) in [5, 5.41) is 13.7. The Bertz CT molecular complexity index is 808. The Morgan fingerprint density at radius 2 is 2.00 bits per heavy atom. The molecule has 25 heavy (non-hydrogen) atoms. The molecule has 1 atom stereocenters. The molecule has 132 valence electrons. The van der Waals surface area contributed by atoms with Gasteiger partial charge in [0.2, 0.25) is 0 Å². The van der Waals surface area contributed by atoms with E-state index in [-0.39, 0.29) is 16.4 Å². The predicted octanol–water partition coefficient (Wildman–Crippen LogP) is 4.66. The van der Waals surface area contributed by atoms with Crippen molar-refractivity contribution in [1.82, 2.24) is 0 Å². The third kappa shape index (κ3) is 4.70. The van der Waals surface area contributed by atoms with E-state index in [1.165, 1.54) is 18.2 Å². The van der Waals surface area contributed by atoms with Crippen molar-refractivity contribution >= 4 is 28.9 Å². The van der Waals surface area contributed by atoms with Crippen molar-refractivity contribution in [2.45, 2.75) is 33.3 Å². The first-order valence-corrected chi connectivity index (χ1v) is 8.18. The number of anilines is 1. The molecule has 0 bridgehead atoms. The van der Waals surface area contributed by atoms with Crippen LogP contribution in [0, 0.1) is 24.0 Å². The molecule has 0 fully saturated rings. The van der Waals surface area contributed by atoms with Gasteiger partial charge in [-0.15, -0.1) is 0 Å². The van der Waals surface area contributed by atoms with Crippen LogP contribution in [0.5, 0.6) is 5.75 Å². The van der Waals surface area contributed by atoms with Crippen molar-refractivity contribution < 1.29 is 14.5 Å². The molecular weight excluding hydrogens is 344 g/mol. The molecule has 0 aromatic heterocycles. The summed E-state index contributed by atoms with van der Waals surface area (Å²) in [6.07, 6.45) is -0.303. The second-order valence-corrected chi connectivity index (χ2v) is 6.10. The van der Waals surface area contributed by atoms with Crippen LogP contribution in [0.15, 0.2) is 36.4 Å². The third-order valence-electron chi connectivity index (χ3n) is 3.68. The van der Waals surface area contributed by atoms with Gasteiger partial charge in [0.05, 0.1) is 15.6 Å². The lowest BCUT2D eigenvalue weighted by Gasteiger charge is -2.19. The first kappa shape index (κ1) is 18.7. The maximum absolute atomic E-state index is 12.5. The molecule has 2 aromatic rings. The van der Waals surface area contributed by atoms with Crippen LogP contribution in [-0.2, 0) is 4.79 Å². The van der Waals surface area contributed by atoms with Crippen LogP contribution in [0.3, 0.4) is 0 Å². The van der Waals surface area contributed by atoms with E-state index in [2.05, 4.69) is 5.32 Å². The van der Waals surface area contributed by atoms with E-state index < -0.39 is 16.9 Å². The first-order chi connectivity index (χ1) is 11.8. The van der Waals surface area contributed by atoms with Crippen molar-refractivity contribution in [2.75, 3.05) is 5.32 Å². The highest BCUT2D eigenvalue weighted by atomic mass is 35.5. The molecule has 2 rings (SSSR count). The van der Waals surface area contributed by atoms with Crippen molar-refractivity contribution in [2.24, 2.45) is 0 Å². The van der Waals surface area contributed by atoms with Gasteiger partial charge in [-0.05, 0) is 38.0 Å². The Morgan fingerprint density at radius 1 is 1.28 bits per heavy atom. The molecule has 0 heterocycles. The monoisotopic (exact) mass is 362 g/mol. The number of carbonyl (C=O) groups is 1. The number of hydrogen-bond donors (Lipinski definition) is 1. The van der Waals surface area contributed by atoms with Crippen molar-refractivity contribution in [3.05, 3.63) is 62.7 Å². The van der Waals surface area contributed by atoms with Gasteiger partial charge in [0, 0.05) is 12.1 Å². The summed E-state index contributed by atoms with van der Waals surface area (Å²) >= 11 is 6.02. The minimum atomic E-state index is -0.739. The van der Waals surface area contributed by atoms with Crippen LogP contribution in [0.25, 0.3) is 0 Å². The Morgan fingerprint density at radius 3 is 2.60 bits per heavy atom. The standard InChI is InChI=1S/C18H19ClN2O4/c1-4-16(25-17-8-5-11(2)9-12(17)3)18(22)20-15-10-13(21(23)24)6-7-14(15)19/h5-10,16H,4H2,1-3H3,(H,20,22)/t16-/m0/s1. The zero-order chi connectivity index (χ0) is 18.6. The molecule has 0 saturated heterocycles. The van der Waals surface area contributed by atoms with E-state index in [0.29, 0.717) is 12.2 Å². The minimum Gasteiger partial charge on any atom is -0.480 e. The molecule has 0 radical (unpaired) electrons. The maximum atomic E-state index is 12.5. The minimum absolute atomic E-state index is 0.150. The molecule has 0 aliphatic rings. The van der Waals surface area contributed by atoms with Crippen LogP contribution in [0.4, 0.5) is 11.4 Å². The number of carbonyl (C=O) groups excluding carboxylic acids is 1. The number of benzene rings is 2. The van der Waals surface area contributed by atoms with E-state index in [9.17, 15) is 14.9 Å². The first-order valence-electron chi connectivity index (χ1n) is 7.80. The second-order valence-electron chi connectivity index (χ2n) is 5.69. The molecule has 0 saturated carbocycles. The van der Waals surface area contributed by atoms with Gasteiger partial charge in [-0.25, -0.2) is 0 Å². The summed E-state index contributed by atoms with van der Waals surface area (Å²) in [6.45, 7) is 5.71. The number of ether oxygens (including phenoxy) is 1. The van der Waals surface area contributed by atoms with Crippen LogP contribution in [0.1, 0.15) is 24.5 Å². The summed E-state index contributed by atoms with van der Waals surface area (Å²) in [5.41, 5.74) is 2.07. The Kier molecular flexibility index (Phi) is 5.98. The molecule has 0 spiro atoms. The van der Waals surface area contributed by atoms with Gasteiger partial charge in [0.1, 0.15) is 5.75 Å². The van der Waals surface area contributed by atoms with Crippen molar-refractivity contribution in [3.8, 4) is 5.75 Å². The third-order valence-corrected chi connectivity index (χ3v) is 4.01. The largest absolute Gasteiger partial charge is 0.480 e. The zero-order valence-corrected chi connectivity index (χ0v) is 15.0. The van der Waals surface area contributed by atoms with Crippen LogP contribution >= 0.6 is 11.6 Å². The number of amides is 1. The topological polar surface area (TPSA) is 81.5 Å². The molecule has 1 N–H and O–H groups in total. The van der Waals surface area contributed by atoms with Gasteiger partial charge < -0.3 is 10.1 Å². The molecule has 6 nitrogen and oxygen atoms in total. The number of rotatable bonds is 6. The zero-order valence-electron chi connectivity index (χ0n) is 14.2. The van der Waals surface area contributed by atoms with Crippen LogP contribution in [-0.4, -0.2) is 16.9 Å². The van der Waals surface area contributed by atoms with Gasteiger partial charge >= 0.3 is 0 Å². The van der Waals surface area contributed by atoms with Crippen LogP contribution in [0.2, 0.25) is 5.02 Å². The van der Waals surface area contributed by atoms with Gasteiger partial charge in [0.15, 0.2) is 6.10 Å². The highest BCUT2D eigenvalue weighted by Crippen LogP contribution is 2.27. The SMILES string of the molecule is CC[C@H](Oc1ccc(C)cc1C)C(=O)Nc1cc([N+](=O)[O-])ccc1Cl. The average molecular weight is 363 g/mol. The van der Waals surface area contributed by atoms with Crippen LogP contribution < -0.4 is 10.1 Å². The van der Waals surface area contributed by atoms with Crippen molar-refractivity contribution in [3.63, 3.8) is 0 Å². The molecule has 1 amide bonds. The lowest BCUT2D eigenvalue weighted by Crippen LogP contribution is -2.32. The fourth-order valence-electron chi connectivity index (χ4n) is 2.34. The molecule has 2 aromatic carbocycles. The number of nitro groups is 1. The number of hydrogen-bond acceptors (Lipinski definition) is 4. The van der Waals surface area contributed by atoms with Gasteiger partial charge in [-0.1, -0.05) is 36.2 Å². The highest BCUT2D eigenvalue weighted by molar-refractivity contribution is 6.33. The Balaban J connectivity index is 2.17. The lowest BCUT2D eigenvalue weighted by molar-refractivity contribution is -0.384. The number of non-ortho nitro benzene ring substituents is 1. The average Bonchev–Trinajstić information content (AvgIpc) is 2.55. The predicted molar refractivity (Wildman–Crippen MR) is 97.4 cm³/mol. The fraction of sp³-hybridized carbons (Fsp3) is 0.278. The quantitative estimate of drug-likeness (QED) is 0.598. The molecule has 0 unspecified atom stereocenters. The smallest absolute Gasteiger partial charge is 0.271 e. The lowest BCUT2D eigenvalue weighted by atomic mass is 10.1. The van der Waals surface area contributed by atoms with Gasteiger partial charge in [-0.2, -0.15) is 0 Å². The van der Waals surface area contributed by atoms with E-state index in [1.54, 1.807) is 0 Å². The molecule has 7 heteroatoms. The fourth-order valence-corrected chi connectivity index (χ4v) is 2.51. The van der Waals surface area contributed by atoms with E-state index in [4.69, 9.17) is 16.3 Å². The number of nitrogens with one attached hydrogen (secondary N) is 1. The second kappa shape index (κ2) is 7.98. The van der Waals surface area contributed by atoms with Gasteiger partial charge in [-0.3, -0.25) is 14.9 Å². The molecule has 0 aliphatic heterocycles. The summed E-state index contributed by atoms with van der Waals surface area (Å²) in [6, 6.07) is 9.58. The van der Waals surface area contributed by atoms with E-state index in [0.717, 1.165) is 11.1 Å². The summed E-state index contributed by atoms with van der Waals surface area (Å²) in [5.74, 6) is 0.211. The molecular formula is C18H19ClN2O4. The Hall–Kier alpha value is -2.60. The number of nitro benzene ring substituents is 1. The summed E-state index contributed by atoms with van der Waals surface area (Å²) in [7, 11) is 0. The maximum Gasteiger partial charge on any atom is 0.271 e. The Labute approximate surface area is 150 Å². The van der Waals surface area contributed by atoms with Gasteiger partial charge in [0.25, 0.3) is 11.6 Å². The number of aryl methyl sites for hydroxylation is 2. The number of nitrogens with zero attached hydrogens (tertiary/aromatic N) is 1.